The second kappa shape index (κ2) is 6.66. The maximum absolute atomic E-state index is 12.3. The van der Waals surface area contributed by atoms with Gasteiger partial charge in [-0.05, 0) is 26.0 Å². The van der Waals surface area contributed by atoms with Gasteiger partial charge in [-0.2, -0.15) is 0 Å². The Morgan fingerprint density at radius 2 is 1.90 bits per heavy atom. The number of nitrogens with two attached hydrogens (primary N) is 1. The van der Waals surface area contributed by atoms with Crippen LogP contribution in [0.4, 0.5) is 18.9 Å². The number of para-hydroxylation sites is 2. The van der Waals surface area contributed by atoms with Gasteiger partial charge in [0.1, 0.15) is 0 Å². The van der Waals surface area contributed by atoms with Crippen molar-refractivity contribution in [1.82, 2.24) is 0 Å². The van der Waals surface area contributed by atoms with Gasteiger partial charge in [0.05, 0.1) is 17.8 Å². The fourth-order valence-corrected chi connectivity index (χ4v) is 1.30. The summed E-state index contributed by atoms with van der Waals surface area (Å²) in [5.41, 5.74) is 5.20. The number of benzene rings is 1. The van der Waals surface area contributed by atoms with Crippen molar-refractivity contribution in [1.29, 1.82) is 0 Å². The molecule has 118 valence electrons. The fourth-order valence-electron chi connectivity index (χ4n) is 1.30. The zero-order valence-corrected chi connectivity index (χ0v) is 12.0. The van der Waals surface area contributed by atoms with Gasteiger partial charge in [-0.1, -0.05) is 12.1 Å². The van der Waals surface area contributed by atoms with Crippen molar-refractivity contribution in [2.45, 2.75) is 25.8 Å². The third-order valence-electron chi connectivity index (χ3n) is 2.56. The highest BCUT2D eigenvalue weighted by atomic mass is 19.4. The standard InChI is InChI=1S/C13H18F3N3O2/c1-12(2,20-3)8-18-11(17)19-9-6-4-5-7-10(9)21-13(14,15)16/h4-7H,8H2,1-3H3,(H3,17,18,19). The molecule has 0 saturated carbocycles. The number of hydrogen-bond acceptors (Lipinski definition) is 3. The number of nitrogens with one attached hydrogen (secondary N) is 1. The summed E-state index contributed by atoms with van der Waals surface area (Å²) in [6.45, 7) is 3.87. The molecule has 0 fully saturated rings. The summed E-state index contributed by atoms with van der Waals surface area (Å²) in [6, 6.07) is 5.57. The molecule has 21 heavy (non-hydrogen) atoms. The lowest BCUT2D eigenvalue weighted by atomic mass is 10.1. The average molecular weight is 305 g/mol. The Hall–Kier alpha value is -1.96. The molecule has 1 rings (SSSR count). The molecule has 0 aromatic heterocycles. The Kier molecular flexibility index (Phi) is 5.42. The van der Waals surface area contributed by atoms with E-state index in [1.165, 1.54) is 25.3 Å². The lowest BCUT2D eigenvalue weighted by Gasteiger charge is -2.20. The number of ether oxygens (including phenoxy) is 2. The second-order valence-electron chi connectivity index (χ2n) is 4.83. The molecule has 0 aliphatic heterocycles. The Morgan fingerprint density at radius 3 is 2.48 bits per heavy atom. The predicted octanol–water partition coefficient (Wildman–Crippen LogP) is 2.74. The monoisotopic (exact) mass is 305 g/mol. The van der Waals surface area contributed by atoms with Crippen molar-refractivity contribution in [3.05, 3.63) is 24.3 Å². The molecule has 0 atom stereocenters. The van der Waals surface area contributed by atoms with E-state index < -0.39 is 12.0 Å². The van der Waals surface area contributed by atoms with Gasteiger partial charge in [0.15, 0.2) is 11.7 Å². The molecule has 3 N–H and O–H groups in total. The van der Waals surface area contributed by atoms with Gasteiger partial charge in [0.2, 0.25) is 0 Å². The summed E-state index contributed by atoms with van der Waals surface area (Å²) in [5, 5.41) is 2.58. The van der Waals surface area contributed by atoms with Crippen LogP contribution in [0, 0.1) is 0 Å². The summed E-state index contributed by atoms with van der Waals surface area (Å²) in [5.74, 6) is -0.410. The van der Waals surface area contributed by atoms with E-state index in [2.05, 4.69) is 15.0 Å². The smallest absolute Gasteiger partial charge is 0.404 e. The molecular formula is C13H18F3N3O2. The van der Waals surface area contributed by atoms with Crippen LogP contribution in [0.25, 0.3) is 0 Å². The number of alkyl halides is 3. The molecule has 0 spiro atoms. The molecule has 0 aliphatic carbocycles. The Morgan fingerprint density at radius 1 is 1.29 bits per heavy atom. The summed E-state index contributed by atoms with van der Waals surface area (Å²) in [7, 11) is 1.53. The van der Waals surface area contributed by atoms with Crippen molar-refractivity contribution in [3.63, 3.8) is 0 Å². The van der Waals surface area contributed by atoms with Crippen LogP contribution in [0.1, 0.15) is 13.8 Å². The molecule has 8 heteroatoms. The number of methoxy groups -OCH3 is 1. The first-order valence-corrected chi connectivity index (χ1v) is 6.10. The summed E-state index contributed by atoms with van der Waals surface area (Å²) >= 11 is 0. The van der Waals surface area contributed by atoms with E-state index in [0.717, 1.165) is 0 Å². The molecule has 0 saturated heterocycles. The Labute approximate surface area is 120 Å². The van der Waals surface area contributed by atoms with Crippen LogP contribution < -0.4 is 15.8 Å². The first kappa shape index (κ1) is 17.1. The molecule has 0 radical (unpaired) electrons. The summed E-state index contributed by atoms with van der Waals surface area (Å²) < 4.78 is 45.9. The third kappa shape index (κ3) is 6.35. The van der Waals surface area contributed by atoms with Crippen LogP contribution in [0.5, 0.6) is 5.75 Å². The molecule has 5 nitrogen and oxygen atoms in total. The molecule has 0 unspecified atom stereocenters. The second-order valence-corrected chi connectivity index (χ2v) is 4.83. The van der Waals surface area contributed by atoms with E-state index >= 15 is 0 Å². The highest BCUT2D eigenvalue weighted by Gasteiger charge is 2.32. The summed E-state index contributed by atoms with van der Waals surface area (Å²) in [4.78, 5) is 4.02. The van der Waals surface area contributed by atoms with Crippen molar-refractivity contribution >= 4 is 11.6 Å². The van der Waals surface area contributed by atoms with E-state index in [0.29, 0.717) is 0 Å². The van der Waals surface area contributed by atoms with E-state index in [1.54, 1.807) is 6.07 Å². The number of nitrogens with zero attached hydrogens (tertiary/aromatic N) is 1. The minimum atomic E-state index is -4.78. The van der Waals surface area contributed by atoms with Gasteiger partial charge in [-0.3, -0.25) is 4.99 Å². The van der Waals surface area contributed by atoms with E-state index in [4.69, 9.17) is 10.5 Å². The van der Waals surface area contributed by atoms with Gasteiger partial charge in [-0.15, -0.1) is 13.2 Å². The summed E-state index contributed by atoms with van der Waals surface area (Å²) in [6.07, 6.45) is -4.78. The quantitative estimate of drug-likeness (QED) is 0.648. The van der Waals surface area contributed by atoms with Gasteiger partial charge < -0.3 is 20.5 Å². The molecule has 0 bridgehead atoms. The first-order chi connectivity index (χ1) is 9.63. The first-order valence-electron chi connectivity index (χ1n) is 6.10. The highest BCUT2D eigenvalue weighted by molar-refractivity contribution is 5.93. The van der Waals surface area contributed by atoms with Crippen molar-refractivity contribution in [2.75, 3.05) is 19.0 Å². The van der Waals surface area contributed by atoms with E-state index in [9.17, 15) is 13.2 Å². The minimum absolute atomic E-state index is 0.0293. The Bertz CT molecular complexity index is 502. The molecule has 1 aromatic carbocycles. The number of hydrogen-bond donors (Lipinski definition) is 2. The van der Waals surface area contributed by atoms with Crippen molar-refractivity contribution in [3.8, 4) is 5.75 Å². The molecule has 0 heterocycles. The minimum Gasteiger partial charge on any atom is -0.404 e. The zero-order chi connectivity index (χ0) is 16.1. The molecule has 1 aromatic rings. The topological polar surface area (TPSA) is 68.9 Å². The molecule has 0 amide bonds. The molecular weight excluding hydrogens is 287 g/mol. The van der Waals surface area contributed by atoms with Crippen LogP contribution in [-0.2, 0) is 4.74 Å². The largest absolute Gasteiger partial charge is 0.573 e. The van der Waals surface area contributed by atoms with Gasteiger partial charge in [0.25, 0.3) is 0 Å². The average Bonchev–Trinajstić information content (AvgIpc) is 2.37. The number of halogens is 3. The fraction of sp³-hybridized carbons (Fsp3) is 0.462. The molecule has 0 aliphatic rings. The zero-order valence-electron chi connectivity index (χ0n) is 12.0. The van der Waals surface area contributed by atoms with Gasteiger partial charge in [0, 0.05) is 7.11 Å². The van der Waals surface area contributed by atoms with Crippen LogP contribution in [0.3, 0.4) is 0 Å². The predicted molar refractivity (Wildman–Crippen MR) is 74.3 cm³/mol. The lowest BCUT2D eigenvalue weighted by molar-refractivity contribution is -0.274. The van der Waals surface area contributed by atoms with E-state index in [1.807, 2.05) is 13.8 Å². The van der Waals surface area contributed by atoms with Gasteiger partial charge in [-0.25, -0.2) is 0 Å². The van der Waals surface area contributed by atoms with Crippen LogP contribution in [0.2, 0.25) is 0 Å². The van der Waals surface area contributed by atoms with Crippen LogP contribution in [0.15, 0.2) is 29.3 Å². The van der Waals surface area contributed by atoms with Crippen molar-refractivity contribution in [2.24, 2.45) is 10.7 Å². The highest BCUT2D eigenvalue weighted by Crippen LogP contribution is 2.29. The van der Waals surface area contributed by atoms with Crippen molar-refractivity contribution < 1.29 is 22.6 Å². The normalized spacial score (nSPS) is 13.1. The number of aliphatic imine (C=N–C) groups is 1. The van der Waals surface area contributed by atoms with E-state index in [-0.39, 0.29) is 23.9 Å². The SMILES string of the molecule is COC(C)(C)CN=C(N)Nc1ccccc1OC(F)(F)F. The maximum atomic E-state index is 12.3. The lowest BCUT2D eigenvalue weighted by Crippen LogP contribution is -2.30. The van der Waals surface area contributed by atoms with Gasteiger partial charge >= 0.3 is 6.36 Å². The number of anilines is 1. The Balaban J connectivity index is 2.81. The van der Waals surface area contributed by atoms with Crippen LogP contribution >= 0.6 is 0 Å². The number of rotatable bonds is 5. The van der Waals surface area contributed by atoms with Crippen LogP contribution in [-0.4, -0.2) is 31.6 Å². The number of guanidine groups is 1. The third-order valence-corrected chi connectivity index (χ3v) is 2.56. The maximum Gasteiger partial charge on any atom is 0.573 e.